The maximum atomic E-state index is 4.10. The molecule has 0 amide bonds. The standard InChI is InChI=1S/C19H23N3/c1-2-4-16(5-3-1)19-14-17(19)15-21-10-12-22(13-11-21)18-6-8-20-9-7-18/h1-9,17,19H,10-15H2/t17-,19-/m1/s1. The average Bonchev–Trinajstić information content (AvgIpc) is 3.36. The second-order valence-electron chi connectivity index (χ2n) is 6.51. The number of nitrogens with zero attached hydrogens (tertiary/aromatic N) is 3. The van der Waals surface area contributed by atoms with Crippen LogP contribution in [0.4, 0.5) is 5.69 Å². The first-order chi connectivity index (χ1) is 10.9. The fourth-order valence-electron chi connectivity index (χ4n) is 3.63. The third-order valence-corrected chi connectivity index (χ3v) is 5.04. The Balaban J connectivity index is 1.27. The summed E-state index contributed by atoms with van der Waals surface area (Å²) in [6, 6.07) is 15.2. The van der Waals surface area contributed by atoms with Gasteiger partial charge in [0.25, 0.3) is 0 Å². The normalized spacial score (nSPS) is 25.2. The fourth-order valence-corrected chi connectivity index (χ4v) is 3.63. The molecule has 114 valence electrons. The largest absolute Gasteiger partial charge is 0.369 e. The van der Waals surface area contributed by atoms with Crippen LogP contribution in [0.25, 0.3) is 0 Å². The molecule has 0 N–H and O–H groups in total. The van der Waals surface area contributed by atoms with Gasteiger partial charge in [0.05, 0.1) is 0 Å². The molecule has 22 heavy (non-hydrogen) atoms. The highest BCUT2D eigenvalue weighted by atomic mass is 15.3. The molecule has 1 aromatic heterocycles. The molecule has 1 aliphatic heterocycles. The summed E-state index contributed by atoms with van der Waals surface area (Å²) in [7, 11) is 0. The molecule has 1 saturated carbocycles. The number of anilines is 1. The van der Waals surface area contributed by atoms with Crippen LogP contribution in [0, 0.1) is 5.92 Å². The molecule has 4 rings (SSSR count). The smallest absolute Gasteiger partial charge is 0.0397 e. The van der Waals surface area contributed by atoms with Gasteiger partial charge in [-0.05, 0) is 36.0 Å². The summed E-state index contributed by atoms with van der Waals surface area (Å²) in [5.41, 5.74) is 2.84. The molecule has 1 saturated heterocycles. The molecule has 2 aliphatic rings. The second-order valence-corrected chi connectivity index (χ2v) is 6.51. The lowest BCUT2D eigenvalue weighted by Crippen LogP contribution is -2.47. The van der Waals surface area contributed by atoms with Crippen LogP contribution in [0.5, 0.6) is 0 Å². The van der Waals surface area contributed by atoms with Gasteiger partial charge in [-0.1, -0.05) is 30.3 Å². The molecule has 3 nitrogen and oxygen atoms in total. The number of hydrogen-bond donors (Lipinski definition) is 0. The predicted molar refractivity (Wildman–Crippen MR) is 90.2 cm³/mol. The van der Waals surface area contributed by atoms with Gasteiger partial charge in [0, 0.05) is 50.8 Å². The van der Waals surface area contributed by atoms with Crippen molar-refractivity contribution in [2.75, 3.05) is 37.6 Å². The summed E-state index contributed by atoms with van der Waals surface area (Å²) in [5.74, 6) is 1.68. The van der Waals surface area contributed by atoms with Crippen LogP contribution in [-0.4, -0.2) is 42.6 Å². The van der Waals surface area contributed by atoms with E-state index in [9.17, 15) is 0 Å². The third kappa shape index (κ3) is 3.00. The molecule has 1 aromatic carbocycles. The van der Waals surface area contributed by atoms with Crippen LogP contribution >= 0.6 is 0 Å². The van der Waals surface area contributed by atoms with Gasteiger partial charge in [0.1, 0.15) is 0 Å². The average molecular weight is 293 g/mol. The highest BCUT2D eigenvalue weighted by Crippen LogP contribution is 2.47. The lowest BCUT2D eigenvalue weighted by molar-refractivity contribution is 0.246. The summed E-state index contributed by atoms with van der Waals surface area (Å²) in [5, 5.41) is 0. The van der Waals surface area contributed by atoms with Crippen molar-refractivity contribution in [3.05, 3.63) is 60.4 Å². The van der Waals surface area contributed by atoms with E-state index in [1.165, 1.54) is 37.3 Å². The Morgan fingerprint density at radius 3 is 2.36 bits per heavy atom. The van der Waals surface area contributed by atoms with Crippen LogP contribution in [-0.2, 0) is 0 Å². The van der Waals surface area contributed by atoms with E-state index in [-0.39, 0.29) is 0 Å². The minimum Gasteiger partial charge on any atom is -0.369 e. The summed E-state index contributed by atoms with van der Waals surface area (Å²) in [6.45, 7) is 5.89. The van der Waals surface area contributed by atoms with Gasteiger partial charge in [-0.2, -0.15) is 0 Å². The van der Waals surface area contributed by atoms with Crippen LogP contribution in [0.2, 0.25) is 0 Å². The van der Waals surface area contributed by atoms with Crippen molar-refractivity contribution in [3.8, 4) is 0 Å². The summed E-state index contributed by atoms with van der Waals surface area (Å²) >= 11 is 0. The van der Waals surface area contributed by atoms with Crippen LogP contribution in [0.15, 0.2) is 54.9 Å². The van der Waals surface area contributed by atoms with Crippen molar-refractivity contribution >= 4 is 5.69 Å². The summed E-state index contributed by atoms with van der Waals surface area (Å²) in [6.07, 6.45) is 5.14. The van der Waals surface area contributed by atoms with Crippen molar-refractivity contribution in [2.45, 2.75) is 12.3 Å². The lowest BCUT2D eigenvalue weighted by atomic mass is 10.1. The highest BCUT2D eigenvalue weighted by molar-refractivity contribution is 5.45. The number of hydrogen-bond acceptors (Lipinski definition) is 3. The van der Waals surface area contributed by atoms with Gasteiger partial charge >= 0.3 is 0 Å². The SMILES string of the molecule is c1ccc([C@H]2C[C@@H]2CN2CCN(c3ccncc3)CC2)cc1. The molecule has 2 atom stereocenters. The van der Waals surface area contributed by atoms with Crippen molar-refractivity contribution in [2.24, 2.45) is 5.92 Å². The zero-order valence-electron chi connectivity index (χ0n) is 12.9. The van der Waals surface area contributed by atoms with E-state index in [1.807, 2.05) is 12.4 Å². The molecular weight excluding hydrogens is 270 g/mol. The van der Waals surface area contributed by atoms with Gasteiger partial charge in [0.2, 0.25) is 0 Å². The Morgan fingerprint density at radius 2 is 1.64 bits per heavy atom. The van der Waals surface area contributed by atoms with E-state index < -0.39 is 0 Å². The minimum atomic E-state index is 0.805. The Labute approximate surface area is 132 Å². The molecule has 0 bridgehead atoms. The van der Waals surface area contributed by atoms with Crippen molar-refractivity contribution in [1.29, 1.82) is 0 Å². The molecule has 1 aliphatic carbocycles. The maximum Gasteiger partial charge on any atom is 0.0397 e. The molecule has 0 radical (unpaired) electrons. The minimum absolute atomic E-state index is 0.805. The first-order valence-corrected chi connectivity index (χ1v) is 8.32. The van der Waals surface area contributed by atoms with Gasteiger partial charge < -0.3 is 4.90 Å². The Morgan fingerprint density at radius 1 is 0.909 bits per heavy atom. The second kappa shape index (κ2) is 6.09. The van der Waals surface area contributed by atoms with Crippen molar-refractivity contribution in [1.82, 2.24) is 9.88 Å². The molecule has 3 heteroatoms. The van der Waals surface area contributed by atoms with Gasteiger partial charge in [-0.25, -0.2) is 0 Å². The van der Waals surface area contributed by atoms with E-state index >= 15 is 0 Å². The summed E-state index contributed by atoms with van der Waals surface area (Å²) in [4.78, 5) is 9.22. The van der Waals surface area contributed by atoms with E-state index in [0.29, 0.717) is 0 Å². The van der Waals surface area contributed by atoms with Gasteiger partial charge in [0.15, 0.2) is 0 Å². The van der Waals surface area contributed by atoms with Gasteiger partial charge in [-0.15, -0.1) is 0 Å². The van der Waals surface area contributed by atoms with E-state index in [0.717, 1.165) is 24.9 Å². The number of piperazine rings is 1. The number of aromatic nitrogens is 1. The zero-order chi connectivity index (χ0) is 14.8. The van der Waals surface area contributed by atoms with E-state index in [2.05, 4.69) is 57.2 Å². The van der Waals surface area contributed by atoms with Crippen molar-refractivity contribution in [3.63, 3.8) is 0 Å². The Kier molecular flexibility index (Phi) is 3.81. The van der Waals surface area contributed by atoms with Crippen LogP contribution in [0.1, 0.15) is 17.9 Å². The highest BCUT2D eigenvalue weighted by Gasteiger charge is 2.39. The number of rotatable bonds is 4. The Bertz CT molecular complexity index is 591. The van der Waals surface area contributed by atoms with Crippen molar-refractivity contribution < 1.29 is 0 Å². The topological polar surface area (TPSA) is 19.4 Å². The third-order valence-electron chi connectivity index (χ3n) is 5.04. The quantitative estimate of drug-likeness (QED) is 0.864. The van der Waals surface area contributed by atoms with Gasteiger partial charge in [-0.3, -0.25) is 9.88 Å². The molecule has 2 aromatic rings. The lowest BCUT2D eigenvalue weighted by Gasteiger charge is -2.36. The molecule has 2 fully saturated rings. The molecular formula is C19H23N3. The van der Waals surface area contributed by atoms with Crippen LogP contribution < -0.4 is 4.90 Å². The fraction of sp³-hybridized carbons (Fsp3) is 0.421. The summed E-state index contributed by atoms with van der Waals surface area (Å²) < 4.78 is 0. The molecule has 0 spiro atoms. The predicted octanol–water partition coefficient (Wildman–Crippen LogP) is 3.01. The molecule has 0 unspecified atom stereocenters. The van der Waals surface area contributed by atoms with Crippen LogP contribution in [0.3, 0.4) is 0 Å². The van der Waals surface area contributed by atoms with E-state index in [1.54, 1.807) is 0 Å². The number of pyridine rings is 1. The monoisotopic (exact) mass is 293 g/mol. The van der Waals surface area contributed by atoms with E-state index in [4.69, 9.17) is 0 Å². The zero-order valence-corrected chi connectivity index (χ0v) is 12.9. The molecule has 2 heterocycles. The first kappa shape index (κ1) is 13.8. The Hall–Kier alpha value is -1.87. The number of benzene rings is 1. The maximum absolute atomic E-state index is 4.10. The first-order valence-electron chi connectivity index (χ1n) is 8.32.